The zero-order valence-electron chi connectivity index (χ0n) is 13.5. The summed E-state index contributed by atoms with van der Waals surface area (Å²) in [6, 6.07) is 4.18. The Morgan fingerprint density at radius 2 is 1.05 bits per heavy atom. The molecule has 0 radical (unpaired) electrons. The number of rotatable bonds is 0. The molecule has 0 aliphatic carbocycles. The van der Waals surface area contributed by atoms with Crippen LogP contribution < -0.4 is 0 Å². The van der Waals surface area contributed by atoms with Gasteiger partial charge in [0.25, 0.3) is 0 Å². The SMILES string of the molecule is Cc1cc(C(C)(C)C)c(O)c(C(C)(C)C)c1.[Cl][W]([Cl])([Cl])[Cl]. The van der Waals surface area contributed by atoms with E-state index in [-0.39, 0.29) is 10.8 Å². The first-order chi connectivity index (χ1) is 9.03. The van der Waals surface area contributed by atoms with Gasteiger partial charge in [0.05, 0.1) is 0 Å². The molecule has 0 heterocycles. The van der Waals surface area contributed by atoms with Crippen molar-refractivity contribution in [2.45, 2.75) is 59.3 Å². The molecular formula is C15H24Cl4OW. The molecule has 1 aromatic rings. The number of benzene rings is 1. The molecule has 0 aliphatic rings. The molecule has 6 heteroatoms. The normalized spacial score (nSPS) is 13.5. The Bertz CT molecular complexity index is 441. The van der Waals surface area contributed by atoms with Crippen LogP contribution in [0.15, 0.2) is 12.1 Å². The van der Waals surface area contributed by atoms with Gasteiger partial charge >= 0.3 is 49.6 Å². The molecule has 0 spiro atoms. The summed E-state index contributed by atoms with van der Waals surface area (Å²) in [6.07, 6.45) is 0. The van der Waals surface area contributed by atoms with E-state index in [0.29, 0.717) is 5.75 Å². The van der Waals surface area contributed by atoms with Gasteiger partial charge in [-0.3, -0.25) is 0 Å². The Kier molecular flexibility index (Phi) is 7.94. The molecule has 0 fully saturated rings. The summed E-state index contributed by atoms with van der Waals surface area (Å²) in [5, 5.41) is 10.4. The van der Waals surface area contributed by atoms with Crippen molar-refractivity contribution in [3.8, 4) is 5.75 Å². The van der Waals surface area contributed by atoms with Gasteiger partial charge in [-0.1, -0.05) is 59.2 Å². The van der Waals surface area contributed by atoms with Gasteiger partial charge in [-0.05, 0) is 28.9 Å². The Balaban J connectivity index is 0.000000690. The maximum absolute atomic E-state index is 10.4. The quantitative estimate of drug-likeness (QED) is 0.370. The van der Waals surface area contributed by atoms with Crippen LogP contribution in [-0.4, -0.2) is 5.11 Å². The van der Waals surface area contributed by atoms with E-state index in [4.69, 9.17) is 37.7 Å². The van der Waals surface area contributed by atoms with Crippen molar-refractivity contribution in [3.05, 3.63) is 28.8 Å². The van der Waals surface area contributed by atoms with Crippen LogP contribution in [0.2, 0.25) is 0 Å². The van der Waals surface area contributed by atoms with Gasteiger partial charge in [-0.25, -0.2) is 0 Å². The molecule has 21 heavy (non-hydrogen) atoms. The second-order valence-corrected chi connectivity index (χ2v) is 32.5. The molecule has 0 unspecified atom stereocenters. The van der Waals surface area contributed by atoms with Crippen LogP contribution in [0.1, 0.15) is 58.2 Å². The van der Waals surface area contributed by atoms with Gasteiger partial charge in [-0.15, -0.1) is 0 Å². The average Bonchev–Trinajstić information content (AvgIpc) is 2.15. The number of aromatic hydroxyl groups is 1. The zero-order valence-corrected chi connectivity index (χ0v) is 19.5. The molecule has 0 saturated heterocycles. The molecule has 0 atom stereocenters. The van der Waals surface area contributed by atoms with Gasteiger partial charge in [-0.2, -0.15) is 0 Å². The van der Waals surface area contributed by atoms with Crippen molar-refractivity contribution < 1.29 is 17.0 Å². The second kappa shape index (κ2) is 7.63. The monoisotopic (exact) mass is 544 g/mol. The van der Waals surface area contributed by atoms with Gasteiger partial charge < -0.3 is 5.11 Å². The molecule has 1 aromatic carbocycles. The van der Waals surface area contributed by atoms with E-state index < -0.39 is 11.9 Å². The molecule has 0 bridgehead atoms. The predicted octanol–water partition coefficient (Wildman–Crippen LogP) is 7.05. The van der Waals surface area contributed by atoms with E-state index in [2.05, 4.69) is 60.6 Å². The first-order valence-electron chi connectivity index (χ1n) is 6.50. The van der Waals surface area contributed by atoms with Crippen molar-refractivity contribution >= 4 is 37.7 Å². The second-order valence-electron chi connectivity index (χ2n) is 7.06. The Labute approximate surface area is 147 Å². The van der Waals surface area contributed by atoms with E-state index >= 15 is 0 Å². The van der Waals surface area contributed by atoms with Gasteiger partial charge in [0.1, 0.15) is 5.75 Å². The van der Waals surface area contributed by atoms with E-state index in [9.17, 15) is 5.11 Å². The van der Waals surface area contributed by atoms with Crippen molar-refractivity contribution in [1.29, 1.82) is 0 Å². The summed E-state index contributed by atoms with van der Waals surface area (Å²) in [6.45, 7) is 14.9. The molecule has 0 aromatic heterocycles. The fourth-order valence-electron chi connectivity index (χ4n) is 1.92. The third-order valence-electron chi connectivity index (χ3n) is 2.87. The van der Waals surface area contributed by atoms with Crippen LogP contribution in [0.3, 0.4) is 0 Å². The summed E-state index contributed by atoms with van der Waals surface area (Å²) in [5.74, 6) is 0.464. The molecule has 0 amide bonds. The molecule has 124 valence electrons. The van der Waals surface area contributed by atoms with Crippen molar-refractivity contribution in [2.24, 2.45) is 0 Å². The fourth-order valence-corrected chi connectivity index (χ4v) is 1.92. The summed E-state index contributed by atoms with van der Waals surface area (Å²) in [5.41, 5.74) is 3.26. The molecular weight excluding hydrogens is 522 g/mol. The fraction of sp³-hybridized carbons (Fsp3) is 0.600. The number of aryl methyl sites for hydroxylation is 1. The zero-order chi connectivity index (χ0) is 17.2. The summed E-state index contributed by atoms with van der Waals surface area (Å²) in [7, 11) is 20.1. The minimum atomic E-state index is -3.28. The van der Waals surface area contributed by atoms with Gasteiger partial charge in [0.15, 0.2) is 0 Å². The van der Waals surface area contributed by atoms with E-state index in [1.807, 2.05) is 0 Å². The Morgan fingerprint density at radius 1 is 0.810 bits per heavy atom. The third kappa shape index (κ3) is 8.91. The van der Waals surface area contributed by atoms with E-state index in [1.165, 1.54) is 5.56 Å². The van der Waals surface area contributed by atoms with Crippen molar-refractivity contribution in [2.75, 3.05) is 0 Å². The summed E-state index contributed by atoms with van der Waals surface area (Å²) >= 11 is -3.28. The van der Waals surface area contributed by atoms with Gasteiger partial charge in [0.2, 0.25) is 0 Å². The van der Waals surface area contributed by atoms with E-state index in [0.717, 1.165) is 11.1 Å². The van der Waals surface area contributed by atoms with Crippen molar-refractivity contribution in [1.82, 2.24) is 0 Å². The van der Waals surface area contributed by atoms with Gasteiger partial charge in [0, 0.05) is 0 Å². The van der Waals surface area contributed by atoms with Crippen LogP contribution >= 0.6 is 37.7 Å². The van der Waals surface area contributed by atoms with Crippen LogP contribution in [0.5, 0.6) is 5.75 Å². The maximum atomic E-state index is 10.4. The first kappa shape index (κ1) is 21.9. The number of halogens is 4. The predicted molar refractivity (Wildman–Crippen MR) is 93.7 cm³/mol. The standard InChI is InChI=1S/C15H24O.4ClH.W/c1-10-8-11(14(2,3)4)13(16)12(9-10)15(5,6)7;;;;;/h8-9,16H,1-7H3;4*1H;/q;;;;;+4/p-4. The third-order valence-corrected chi connectivity index (χ3v) is 2.87. The molecule has 1 nitrogen and oxygen atoms in total. The minimum absolute atomic E-state index is 0.0178. The van der Waals surface area contributed by atoms with Crippen LogP contribution in [0.25, 0.3) is 0 Å². The Morgan fingerprint density at radius 3 is 1.24 bits per heavy atom. The number of hydrogen-bond acceptors (Lipinski definition) is 1. The molecule has 0 saturated carbocycles. The van der Waals surface area contributed by atoms with Crippen LogP contribution in [0.4, 0.5) is 0 Å². The number of phenolic OH excluding ortho intramolecular Hbond substituents is 1. The van der Waals surface area contributed by atoms with Crippen LogP contribution in [-0.2, 0) is 22.7 Å². The van der Waals surface area contributed by atoms with Crippen molar-refractivity contribution in [3.63, 3.8) is 0 Å². The average molecular weight is 546 g/mol. The first-order valence-corrected chi connectivity index (χ1v) is 21.0. The molecule has 1 rings (SSSR count). The molecule has 0 aliphatic heterocycles. The summed E-state index contributed by atoms with van der Waals surface area (Å²) in [4.78, 5) is 0. The van der Waals surface area contributed by atoms with Crippen LogP contribution in [0, 0.1) is 6.92 Å². The topological polar surface area (TPSA) is 20.2 Å². The summed E-state index contributed by atoms with van der Waals surface area (Å²) < 4.78 is 0. The number of hydrogen-bond donors (Lipinski definition) is 1. The molecule has 1 N–H and O–H groups in total. The number of phenols is 1. The van der Waals surface area contributed by atoms with E-state index in [1.54, 1.807) is 0 Å². The Hall–Kier alpha value is 0.868.